The normalized spacial score (nSPS) is 19.9. The van der Waals surface area contributed by atoms with Crippen LogP contribution in [0.2, 0.25) is 0 Å². The summed E-state index contributed by atoms with van der Waals surface area (Å²) in [6.45, 7) is 3.72. The highest BCUT2D eigenvalue weighted by molar-refractivity contribution is 5.88. The lowest BCUT2D eigenvalue weighted by molar-refractivity contribution is -0.130. The third kappa shape index (κ3) is 3.67. The van der Waals surface area contributed by atoms with Crippen molar-refractivity contribution in [3.05, 3.63) is 12.7 Å². The first-order valence-corrected chi connectivity index (χ1v) is 6.95. The molecule has 2 heteroatoms. The number of likely N-dealkylation sites (N-methyl/N-ethyl adjacent to an activating group) is 1. The van der Waals surface area contributed by atoms with Crippen LogP contribution in [0.3, 0.4) is 0 Å². The van der Waals surface area contributed by atoms with E-state index in [1.165, 1.54) is 25.7 Å². The molecule has 1 fully saturated rings. The zero-order valence-electron chi connectivity index (χ0n) is 11.5. The standard InChI is InChI=1S/C15H27NO/c1-4-5-8-11-14(17)15(16(2)3)12-9-6-7-10-13-15/h4H,1,5-13H2,2-3H3. The molecular formula is C15H27NO. The summed E-state index contributed by atoms with van der Waals surface area (Å²) in [5, 5.41) is 0. The minimum atomic E-state index is -0.169. The lowest BCUT2D eigenvalue weighted by atomic mass is 9.82. The van der Waals surface area contributed by atoms with Crippen molar-refractivity contribution in [1.82, 2.24) is 4.90 Å². The molecule has 0 unspecified atom stereocenters. The van der Waals surface area contributed by atoms with Crippen LogP contribution >= 0.6 is 0 Å². The number of ketones is 1. The minimum Gasteiger partial charge on any atom is -0.298 e. The quantitative estimate of drug-likeness (QED) is 0.400. The third-order valence-corrected chi connectivity index (χ3v) is 4.12. The Hall–Kier alpha value is -0.630. The Morgan fingerprint density at radius 2 is 1.82 bits per heavy atom. The Morgan fingerprint density at radius 1 is 1.24 bits per heavy atom. The summed E-state index contributed by atoms with van der Waals surface area (Å²) in [7, 11) is 4.13. The minimum absolute atomic E-state index is 0.169. The molecule has 0 bridgehead atoms. The fourth-order valence-corrected chi connectivity index (χ4v) is 2.93. The molecule has 1 saturated carbocycles. The van der Waals surface area contributed by atoms with Crippen molar-refractivity contribution in [3.63, 3.8) is 0 Å². The Balaban J connectivity index is 2.68. The van der Waals surface area contributed by atoms with Crippen LogP contribution in [0.5, 0.6) is 0 Å². The maximum Gasteiger partial charge on any atom is 0.153 e. The number of allylic oxidation sites excluding steroid dienone is 1. The maximum absolute atomic E-state index is 12.5. The molecule has 98 valence electrons. The van der Waals surface area contributed by atoms with Gasteiger partial charge in [0.15, 0.2) is 5.78 Å². The molecule has 2 nitrogen and oxygen atoms in total. The van der Waals surface area contributed by atoms with Gasteiger partial charge in [-0.1, -0.05) is 31.8 Å². The van der Waals surface area contributed by atoms with E-state index in [1.54, 1.807) is 0 Å². The van der Waals surface area contributed by atoms with E-state index in [4.69, 9.17) is 0 Å². The zero-order valence-corrected chi connectivity index (χ0v) is 11.5. The highest BCUT2D eigenvalue weighted by atomic mass is 16.1. The number of carbonyl (C=O) groups excluding carboxylic acids is 1. The molecule has 0 aromatic rings. The lowest BCUT2D eigenvalue weighted by Gasteiger charge is -2.38. The van der Waals surface area contributed by atoms with Gasteiger partial charge in [0.25, 0.3) is 0 Å². The summed E-state index contributed by atoms with van der Waals surface area (Å²) in [4.78, 5) is 14.7. The van der Waals surface area contributed by atoms with Crippen molar-refractivity contribution in [2.75, 3.05) is 14.1 Å². The van der Waals surface area contributed by atoms with Gasteiger partial charge in [0.2, 0.25) is 0 Å². The number of rotatable bonds is 6. The van der Waals surface area contributed by atoms with E-state index in [9.17, 15) is 4.79 Å². The summed E-state index contributed by atoms with van der Waals surface area (Å²) in [6, 6.07) is 0. The molecule has 0 heterocycles. The third-order valence-electron chi connectivity index (χ3n) is 4.12. The van der Waals surface area contributed by atoms with Crippen LogP contribution in [0.1, 0.15) is 57.8 Å². The average Bonchev–Trinajstić information content (AvgIpc) is 2.55. The van der Waals surface area contributed by atoms with Crippen LogP contribution in [-0.4, -0.2) is 30.3 Å². The molecule has 0 N–H and O–H groups in total. The number of carbonyl (C=O) groups is 1. The van der Waals surface area contributed by atoms with Crippen LogP contribution in [0, 0.1) is 0 Å². The van der Waals surface area contributed by atoms with Gasteiger partial charge >= 0.3 is 0 Å². The topological polar surface area (TPSA) is 20.3 Å². The van der Waals surface area contributed by atoms with Gasteiger partial charge in [-0.3, -0.25) is 9.69 Å². The SMILES string of the molecule is C=CCCCC(=O)C1(N(C)C)CCCCCC1. The molecule has 0 aliphatic heterocycles. The van der Waals surface area contributed by atoms with Crippen LogP contribution in [0.25, 0.3) is 0 Å². The summed E-state index contributed by atoms with van der Waals surface area (Å²) in [5.74, 6) is 0.450. The Morgan fingerprint density at radius 3 is 2.29 bits per heavy atom. The van der Waals surface area contributed by atoms with Crippen molar-refractivity contribution in [2.45, 2.75) is 63.3 Å². The second-order valence-electron chi connectivity index (χ2n) is 5.44. The van der Waals surface area contributed by atoms with Crippen molar-refractivity contribution >= 4 is 5.78 Å². The van der Waals surface area contributed by atoms with Gasteiger partial charge < -0.3 is 0 Å². The van der Waals surface area contributed by atoms with E-state index in [-0.39, 0.29) is 5.54 Å². The smallest absolute Gasteiger partial charge is 0.153 e. The second-order valence-corrected chi connectivity index (χ2v) is 5.44. The van der Waals surface area contributed by atoms with Crippen molar-refractivity contribution in [2.24, 2.45) is 0 Å². The average molecular weight is 237 g/mol. The number of unbranched alkanes of at least 4 members (excludes halogenated alkanes) is 1. The second kappa shape index (κ2) is 6.95. The number of nitrogens with zero attached hydrogens (tertiary/aromatic N) is 1. The van der Waals surface area contributed by atoms with E-state index < -0.39 is 0 Å². The summed E-state index contributed by atoms with van der Waals surface area (Å²) in [6.07, 6.45) is 11.6. The van der Waals surface area contributed by atoms with Crippen molar-refractivity contribution in [3.8, 4) is 0 Å². The van der Waals surface area contributed by atoms with E-state index in [0.29, 0.717) is 12.2 Å². The monoisotopic (exact) mass is 237 g/mol. The zero-order chi connectivity index (χ0) is 12.7. The van der Waals surface area contributed by atoms with E-state index in [2.05, 4.69) is 25.6 Å². The van der Waals surface area contributed by atoms with Gasteiger partial charge in [-0.2, -0.15) is 0 Å². The Bertz CT molecular complexity index is 250. The van der Waals surface area contributed by atoms with Gasteiger partial charge in [-0.25, -0.2) is 0 Å². The van der Waals surface area contributed by atoms with Gasteiger partial charge in [0, 0.05) is 6.42 Å². The molecule has 1 aliphatic rings. The molecule has 0 aromatic heterocycles. The largest absolute Gasteiger partial charge is 0.298 e. The van der Waals surface area contributed by atoms with Crippen LogP contribution < -0.4 is 0 Å². The predicted molar refractivity (Wildman–Crippen MR) is 73.2 cm³/mol. The molecule has 17 heavy (non-hydrogen) atoms. The lowest BCUT2D eigenvalue weighted by Crippen LogP contribution is -2.50. The molecule has 0 amide bonds. The first-order chi connectivity index (χ1) is 8.13. The highest BCUT2D eigenvalue weighted by Gasteiger charge is 2.39. The van der Waals surface area contributed by atoms with Gasteiger partial charge in [-0.05, 0) is 39.8 Å². The fourth-order valence-electron chi connectivity index (χ4n) is 2.93. The van der Waals surface area contributed by atoms with Crippen LogP contribution in [-0.2, 0) is 4.79 Å². The van der Waals surface area contributed by atoms with E-state index in [1.807, 2.05) is 6.08 Å². The summed E-state index contributed by atoms with van der Waals surface area (Å²) < 4.78 is 0. The first-order valence-electron chi connectivity index (χ1n) is 6.95. The van der Waals surface area contributed by atoms with Crippen LogP contribution in [0.4, 0.5) is 0 Å². The molecular weight excluding hydrogens is 210 g/mol. The summed E-state index contributed by atoms with van der Waals surface area (Å²) in [5.41, 5.74) is -0.169. The van der Waals surface area contributed by atoms with E-state index in [0.717, 1.165) is 25.7 Å². The Kier molecular flexibility index (Phi) is 5.90. The van der Waals surface area contributed by atoms with Crippen molar-refractivity contribution < 1.29 is 4.79 Å². The van der Waals surface area contributed by atoms with E-state index >= 15 is 0 Å². The number of hydrogen-bond acceptors (Lipinski definition) is 2. The summed E-state index contributed by atoms with van der Waals surface area (Å²) >= 11 is 0. The molecule has 0 radical (unpaired) electrons. The Labute approximate surface area is 106 Å². The predicted octanol–water partition coefficient (Wildman–Crippen LogP) is 3.57. The maximum atomic E-state index is 12.5. The molecule has 0 spiro atoms. The molecule has 1 rings (SSSR count). The highest BCUT2D eigenvalue weighted by Crippen LogP contribution is 2.33. The fraction of sp³-hybridized carbons (Fsp3) is 0.800. The molecule has 0 saturated heterocycles. The van der Waals surface area contributed by atoms with Crippen molar-refractivity contribution in [1.29, 1.82) is 0 Å². The van der Waals surface area contributed by atoms with Gasteiger partial charge in [0.05, 0.1) is 5.54 Å². The van der Waals surface area contributed by atoms with Gasteiger partial charge in [-0.15, -0.1) is 6.58 Å². The number of hydrogen-bond donors (Lipinski definition) is 0. The number of Topliss-reactive ketones (excluding diaryl/α,β-unsaturated/α-hetero) is 1. The molecule has 1 aliphatic carbocycles. The van der Waals surface area contributed by atoms with Crippen LogP contribution in [0.15, 0.2) is 12.7 Å². The molecule has 0 atom stereocenters. The van der Waals surface area contributed by atoms with Gasteiger partial charge in [0.1, 0.15) is 0 Å². The first kappa shape index (κ1) is 14.4. The molecule has 0 aromatic carbocycles.